The highest BCUT2D eigenvalue weighted by Gasteiger charge is 2.24. The zero-order chi connectivity index (χ0) is 21.2. The van der Waals surface area contributed by atoms with E-state index in [1.54, 1.807) is 37.3 Å². The molecule has 0 aromatic heterocycles. The molecular formula is C22H23N3O4. The van der Waals surface area contributed by atoms with E-state index in [0.29, 0.717) is 5.56 Å². The summed E-state index contributed by atoms with van der Waals surface area (Å²) in [6.07, 6.45) is 3.58. The smallest absolute Gasteiger partial charge is 0.267 e. The van der Waals surface area contributed by atoms with Crippen LogP contribution in [0.5, 0.6) is 0 Å². The molecule has 0 bridgehead atoms. The number of hydrogen-bond donors (Lipinski definition) is 5. The Morgan fingerprint density at radius 1 is 1.14 bits per heavy atom. The molecule has 0 aliphatic carbocycles. The first-order valence-electron chi connectivity index (χ1n) is 8.93. The van der Waals surface area contributed by atoms with Crippen LogP contribution < -0.4 is 16.5 Å². The van der Waals surface area contributed by atoms with E-state index < -0.39 is 23.9 Å². The summed E-state index contributed by atoms with van der Waals surface area (Å²) in [5, 5.41) is 20.2. The van der Waals surface area contributed by atoms with Gasteiger partial charge in [0, 0.05) is 17.2 Å². The van der Waals surface area contributed by atoms with Crippen molar-refractivity contribution in [3.63, 3.8) is 0 Å². The fraction of sp³-hybridized carbons (Fsp3) is 0.182. The van der Waals surface area contributed by atoms with Crippen molar-refractivity contribution in [1.82, 2.24) is 10.8 Å². The molecule has 2 unspecified atom stereocenters. The van der Waals surface area contributed by atoms with Crippen LogP contribution in [-0.2, 0) is 11.4 Å². The minimum Gasteiger partial charge on any atom is -0.392 e. The third-order valence-electron chi connectivity index (χ3n) is 4.09. The number of benzene rings is 2. The highest BCUT2D eigenvalue weighted by molar-refractivity contribution is 5.97. The average Bonchev–Trinajstić information content (AvgIpc) is 2.75. The number of allylic oxidation sites excluding steroid dienone is 1. The van der Waals surface area contributed by atoms with Gasteiger partial charge in [0.2, 0.25) is 0 Å². The van der Waals surface area contributed by atoms with E-state index in [4.69, 9.17) is 16.0 Å². The van der Waals surface area contributed by atoms with E-state index in [2.05, 4.69) is 17.2 Å². The normalized spacial score (nSPS) is 12.6. The summed E-state index contributed by atoms with van der Waals surface area (Å²) in [5.74, 6) is 4.62. The SMILES string of the molecule is CC(N)C(NC(=O)c1ccc(C#C/C=C/c2ccc(CO)cc2)cc1)C(=O)NO. The Bertz CT molecular complexity index is 923. The molecule has 2 amide bonds. The van der Waals surface area contributed by atoms with Gasteiger partial charge in [-0.25, -0.2) is 5.48 Å². The minimum absolute atomic E-state index is 0.0123. The van der Waals surface area contributed by atoms with E-state index in [0.717, 1.165) is 16.7 Å². The van der Waals surface area contributed by atoms with Gasteiger partial charge in [-0.3, -0.25) is 14.8 Å². The van der Waals surface area contributed by atoms with Gasteiger partial charge in [0.05, 0.1) is 6.61 Å². The van der Waals surface area contributed by atoms with Gasteiger partial charge >= 0.3 is 0 Å². The van der Waals surface area contributed by atoms with Crippen molar-refractivity contribution in [1.29, 1.82) is 0 Å². The molecule has 7 heteroatoms. The number of hydrogen-bond acceptors (Lipinski definition) is 5. The monoisotopic (exact) mass is 393 g/mol. The van der Waals surface area contributed by atoms with Crippen molar-refractivity contribution in [2.45, 2.75) is 25.6 Å². The Morgan fingerprint density at radius 3 is 2.34 bits per heavy atom. The lowest BCUT2D eigenvalue weighted by Crippen LogP contribution is -2.54. The maximum Gasteiger partial charge on any atom is 0.267 e. The molecule has 6 N–H and O–H groups in total. The molecule has 2 aromatic carbocycles. The molecule has 0 aliphatic rings. The number of carbonyl (C=O) groups is 2. The molecule has 0 spiro atoms. The van der Waals surface area contributed by atoms with Gasteiger partial charge < -0.3 is 16.2 Å². The Labute approximate surface area is 169 Å². The van der Waals surface area contributed by atoms with Gasteiger partial charge in [-0.15, -0.1) is 0 Å². The molecule has 0 heterocycles. The largest absolute Gasteiger partial charge is 0.392 e. The van der Waals surface area contributed by atoms with Crippen LogP contribution in [0.3, 0.4) is 0 Å². The van der Waals surface area contributed by atoms with Crippen molar-refractivity contribution in [2.75, 3.05) is 0 Å². The maximum atomic E-state index is 12.3. The fourth-order valence-electron chi connectivity index (χ4n) is 2.43. The molecule has 0 fully saturated rings. The standard InChI is InChI=1S/C22H23N3O4/c1-15(23)20(22(28)25-29)24-21(27)19-12-10-17(11-13-19)5-3-2-4-16-6-8-18(14-26)9-7-16/h2,4,6-13,15,20,26,29H,14,23H2,1H3,(H,24,27)(H,25,28)/b4-2+. The lowest BCUT2D eigenvalue weighted by molar-refractivity contribution is -0.131. The third kappa shape index (κ3) is 6.59. The maximum absolute atomic E-state index is 12.3. The zero-order valence-electron chi connectivity index (χ0n) is 15.9. The molecule has 7 nitrogen and oxygen atoms in total. The second kappa shape index (κ2) is 10.8. The van der Waals surface area contributed by atoms with Crippen LogP contribution in [0, 0.1) is 11.8 Å². The second-order valence-electron chi connectivity index (χ2n) is 6.37. The molecule has 0 aliphatic heterocycles. The van der Waals surface area contributed by atoms with Crippen LogP contribution in [0.1, 0.15) is 34.0 Å². The first kappa shape index (κ1) is 21.9. The van der Waals surface area contributed by atoms with Crippen LogP contribution >= 0.6 is 0 Å². The summed E-state index contributed by atoms with van der Waals surface area (Å²) in [4.78, 5) is 23.8. The molecule has 29 heavy (non-hydrogen) atoms. The summed E-state index contributed by atoms with van der Waals surface area (Å²) in [5.41, 5.74) is 10.0. The minimum atomic E-state index is -1.05. The number of aliphatic hydroxyl groups excluding tert-OH is 1. The molecule has 150 valence electrons. The van der Waals surface area contributed by atoms with E-state index in [-0.39, 0.29) is 6.61 Å². The van der Waals surface area contributed by atoms with Crippen LogP contribution in [0.25, 0.3) is 6.08 Å². The fourth-order valence-corrected chi connectivity index (χ4v) is 2.43. The van der Waals surface area contributed by atoms with Crippen LogP contribution in [0.4, 0.5) is 0 Å². The van der Waals surface area contributed by atoms with Gasteiger partial charge in [0.1, 0.15) is 6.04 Å². The van der Waals surface area contributed by atoms with Crippen molar-refractivity contribution in [3.05, 3.63) is 76.9 Å². The summed E-state index contributed by atoms with van der Waals surface area (Å²) in [6.45, 7) is 1.56. The molecule has 0 saturated heterocycles. The third-order valence-corrected chi connectivity index (χ3v) is 4.09. The molecule has 2 atom stereocenters. The predicted octanol–water partition coefficient (Wildman–Crippen LogP) is 1.19. The first-order chi connectivity index (χ1) is 13.9. The number of rotatable bonds is 6. The number of aliphatic hydroxyl groups is 1. The zero-order valence-corrected chi connectivity index (χ0v) is 15.9. The highest BCUT2D eigenvalue weighted by Crippen LogP contribution is 2.07. The van der Waals surface area contributed by atoms with Crippen molar-refractivity contribution in [3.8, 4) is 11.8 Å². The van der Waals surface area contributed by atoms with E-state index in [9.17, 15) is 9.59 Å². The molecule has 2 rings (SSSR count). The molecule has 0 radical (unpaired) electrons. The van der Waals surface area contributed by atoms with E-state index >= 15 is 0 Å². The van der Waals surface area contributed by atoms with Crippen LogP contribution in [0.2, 0.25) is 0 Å². The average molecular weight is 393 g/mol. The van der Waals surface area contributed by atoms with Crippen molar-refractivity contribution >= 4 is 17.9 Å². The molecular weight excluding hydrogens is 370 g/mol. The van der Waals surface area contributed by atoms with E-state index in [1.807, 2.05) is 30.3 Å². The number of amides is 2. The van der Waals surface area contributed by atoms with Crippen molar-refractivity contribution in [2.24, 2.45) is 5.73 Å². The van der Waals surface area contributed by atoms with Gasteiger partial charge in [-0.2, -0.15) is 0 Å². The molecule has 0 saturated carbocycles. The Kier molecular flexibility index (Phi) is 8.12. The lowest BCUT2D eigenvalue weighted by atomic mass is 10.1. The summed E-state index contributed by atoms with van der Waals surface area (Å²) in [7, 11) is 0. The van der Waals surface area contributed by atoms with Gasteiger partial charge in [0.25, 0.3) is 11.8 Å². The van der Waals surface area contributed by atoms with Gasteiger partial charge in [-0.1, -0.05) is 36.1 Å². The summed E-state index contributed by atoms with van der Waals surface area (Å²) >= 11 is 0. The first-order valence-corrected chi connectivity index (χ1v) is 8.93. The lowest BCUT2D eigenvalue weighted by Gasteiger charge is -2.19. The predicted molar refractivity (Wildman–Crippen MR) is 110 cm³/mol. The second-order valence-corrected chi connectivity index (χ2v) is 6.37. The highest BCUT2D eigenvalue weighted by atomic mass is 16.5. The Morgan fingerprint density at radius 2 is 1.79 bits per heavy atom. The summed E-state index contributed by atoms with van der Waals surface area (Å²) < 4.78 is 0. The topological polar surface area (TPSA) is 125 Å². The van der Waals surface area contributed by atoms with Crippen molar-refractivity contribution < 1.29 is 19.9 Å². The number of hydroxylamine groups is 1. The number of carbonyl (C=O) groups excluding carboxylic acids is 2. The van der Waals surface area contributed by atoms with Crippen LogP contribution in [-0.4, -0.2) is 34.2 Å². The number of nitrogens with two attached hydrogens (primary N) is 1. The summed E-state index contributed by atoms with van der Waals surface area (Å²) in [6, 6.07) is 12.3. The van der Waals surface area contributed by atoms with Gasteiger partial charge in [0.15, 0.2) is 0 Å². The van der Waals surface area contributed by atoms with E-state index in [1.165, 1.54) is 5.48 Å². The van der Waals surface area contributed by atoms with Crippen LogP contribution in [0.15, 0.2) is 54.6 Å². The van der Waals surface area contributed by atoms with Gasteiger partial charge in [-0.05, 0) is 54.5 Å². The quantitative estimate of drug-likeness (QED) is 0.286. The molecule has 2 aromatic rings. The number of nitrogens with one attached hydrogen (secondary N) is 2. The Hall–Kier alpha value is -3.44. The Balaban J connectivity index is 1.99.